The number of ether oxygens (including phenoxy) is 2. The second-order valence-corrected chi connectivity index (χ2v) is 6.33. The van der Waals surface area contributed by atoms with Crippen molar-refractivity contribution in [2.24, 2.45) is 5.92 Å². The van der Waals surface area contributed by atoms with Gasteiger partial charge in [0.15, 0.2) is 5.69 Å². The van der Waals surface area contributed by atoms with E-state index >= 15 is 0 Å². The summed E-state index contributed by atoms with van der Waals surface area (Å²) in [6.07, 6.45) is 3.60. The third kappa shape index (κ3) is 4.47. The maximum Gasteiger partial charge on any atom is 0.356 e. The Hall–Kier alpha value is -2.63. The molecule has 0 N–H and O–H groups in total. The summed E-state index contributed by atoms with van der Waals surface area (Å²) in [7, 11) is 1.35. The molecule has 1 aliphatic heterocycles. The first-order chi connectivity index (χ1) is 12.2. The Kier molecular flexibility index (Phi) is 5.48. The highest BCUT2D eigenvalue weighted by molar-refractivity contribution is 5.87. The number of benzene rings is 1. The van der Waals surface area contributed by atoms with E-state index in [1.807, 2.05) is 12.1 Å². The van der Waals surface area contributed by atoms with Crippen LogP contribution < -0.4 is 9.64 Å². The van der Waals surface area contributed by atoms with Gasteiger partial charge in [-0.15, -0.1) is 0 Å². The van der Waals surface area contributed by atoms with Gasteiger partial charge in [0.25, 0.3) is 0 Å². The summed E-state index contributed by atoms with van der Waals surface area (Å²) in [5.41, 5.74) is 1.51. The van der Waals surface area contributed by atoms with Crippen molar-refractivity contribution in [1.29, 1.82) is 0 Å². The monoisotopic (exact) mass is 341 g/mol. The Morgan fingerprint density at radius 2 is 2.08 bits per heavy atom. The number of anilines is 1. The van der Waals surface area contributed by atoms with Crippen LogP contribution in [0.5, 0.6) is 5.75 Å². The van der Waals surface area contributed by atoms with Gasteiger partial charge in [-0.1, -0.05) is 17.7 Å². The molecule has 1 atom stereocenters. The maximum absolute atomic E-state index is 11.6. The minimum atomic E-state index is -0.445. The van der Waals surface area contributed by atoms with Gasteiger partial charge in [0.05, 0.1) is 13.7 Å². The van der Waals surface area contributed by atoms with Crippen molar-refractivity contribution < 1.29 is 14.3 Å². The zero-order valence-electron chi connectivity index (χ0n) is 14.6. The van der Waals surface area contributed by atoms with Gasteiger partial charge in [-0.2, -0.15) is 0 Å². The highest BCUT2D eigenvalue weighted by atomic mass is 16.5. The molecule has 0 bridgehead atoms. The average molecular weight is 341 g/mol. The molecule has 6 nitrogen and oxygen atoms in total. The SMILES string of the molecule is COC(=O)c1cc(N2CCCC(COc3ccc(C)cc3)C2)ncn1. The predicted molar refractivity (Wildman–Crippen MR) is 95.0 cm³/mol. The lowest BCUT2D eigenvalue weighted by Gasteiger charge is -2.33. The van der Waals surface area contributed by atoms with Crippen molar-refractivity contribution in [3.05, 3.63) is 47.9 Å². The molecule has 1 aliphatic rings. The van der Waals surface area contributed by atoms with E-state index in [9.17, 15) is 4.79 Å². The molecule has 1 saturated heterocycles. The molecule has 1 unspecified atom stereocenters. The zero-order valence-corrected chi connectivity index (χ0v) is 14.6. The minimum Gasteiger partial charge on any atom is -0.493 e. The topological polar surface area (TPSA) is 64.5 Å². The molecule has 2 aromatic rings. The van der Waals surface area contributed by atoms with Crippen molar-refractivity contribution in [3.8, 4) is 5.75 Å². The molecule has 0 spiro atoms. The van der Waals surface area contributed by atoms with Gasteiger partial charge in [0.1, 0.15) is 17.9 Å². The Labute approximate surface area is 147 Å². The van der Waals surface area contributed by atoms with E-state index in [0.717, 1.165) is 37.5 Å². The smallest absolute Gasteiger partial charge is 0.356 e. The third-order valence-electron chi connectivity index (χ3n) is 4.40. The fourth-order valence-corrected chi connectivity index (χ4v) is 2.99. The first-order valence-electron chi connectivity index (χ1n) is 8.50. The maximum atomic E-state index is 11.6. The normalized spacial score (nSPS) is 17.2. The molecule has 2 heterocycles. The van der Waals surface area contributed by atoms with Crippen molar-refractivity contribution in [2.75, 3.05) is 31.7 Å². The average Bonchev–Trinajstić information content (AvgIpc) is 2.67. The molecule has 0 radical (unpaired) electrons. The van der Waals surface area contributed by atoms with Crippen LogP contribution >= 0.6 is 0 Å². The highest BCUT2D eigenvalue weighted by Crippen LogP contribution is 2.23. The van der Waals surface area contributed by atoms with Crippen LogP contribution in [0, 0.1) is 12.8 Å². The number of nitrogens with zero attached hydrogens (tertiary/aromatic N) is 3. The zero-order chi connectivity index (χ0) is 17.6. The van der Waals surface area contributed by atoms with Crippen molar-refractivity contribution in [3.63, 3.8) is 0 Å². The summed E-state index contributed by atoms with van der Waals surface area (Å²) < 4.78 is 10.7. The van der Waals surface area contributed by atoms with Gasteiger partial charge in [0, 0.05) is 25.1 Å². The summed E-state index contributed by atoms with van der Waals surface area (Å²) in [5.74, 6) is 1.64. The highest BCUT2D eigenvalue weighted by Gasteiger charge is 2.22. The van der Waals surface area contributed by atoms with E-state index in [1.54, 1.807) is 6.07 Å². The van der Waals surface area contributed by atoms with Gasteiger partial charge in [-0.3, -0.25) is 0 Å². The lowest BCUT2D eigenvalue weighted by Crippen LogP contribution is -2.38. The summed E-state index contributed by atoms with van der Waals surface area (Å²) in [5, 5.41) is 0. The first kappa shape index (κ1) is 17.2. The molecule has 0 amide bonds. The van der Waals surface area contributed by atoms with E-state index in [1.165, 1.54) is 19.0 Å². The van der Waals surface area contributed by atoms with Crippen molar-refractivity contribution in [2.45, 2.75) is 19.8 Å². The van der Waals surface area contributed by atoms with E-state index in [0.29, 0.717) is 12.5 Å². The standard InChI is InChI=1S/C19H23N3O3/c1-14-5-7-16(8-6-14)25-12-15-4-3-9-22(11-15)18-10-17(19(23)24-2)20-13-21-18/h5-8,10,13,15H,3-4,9,11-12H2,1-2H3. The number of carbonyl (C=O) groups excluding carboxylic acids is 1. The van der Waals surface area contributed by atoms with Gasteiger partial charge in [0.2, 0.25) is 0 Å². The number of aryl methyl sites for hydroxylation is 1. The van der Waals surface area contributed by atoms with Crippen LogP contribution in [0.25, 0.3) is 0 Å². The van der Waals surface area contributed by atoms with E-state index < -0.39 is 5.97 Å². The first-order valence-corrected chi connectivity index (χ1v) is 8.50. The Morgan fingerprint density at radius 1 is 1.28 bits per heavy atom. The molecule has 25 heavy (non-hydrogen) atoms. The Balaban J connectivity index is 1.61. The molecule has 1 aromatic heterocycles. The Morgan fingerprint density at radius 3 is 2.84 bits per heavy atom. The van der Waals surface area contributed by atoms with Crippen LogP contribution in [0.4, 0.5) is 5.82 Å². The number of hydrogen-bond donors (Lipinski definition) is 0. The largest absolute Gasteiger partial charge is 0.493 e. The summed E-state index contributed by atoms with van der Waals surface area (Å²) in [6.45, 7) is 4.50. The molecule has 0 saturated carbocycles. The second kappa shape index (κ2) is 7.96. The predicted octanol–water partition coefficient (Wildman–Crippen LogP) is 2.87. The van der Waals surface area contributed by atoms with Crippen LogP contribution in [0.15, 0.2) is 36.7 Å². The van der Waals surface area contributed by atoms with Crippen LogP contribution in [-0.4, -0.2) is 42.7 Å². The minimum absolute atomic E-state index is 0.283. The number of piperidine rings is 1. The molecule has 1 aromatic carbocycles. The number of aromatic nitrogens is 2. The van der Waals surface area contributed by atoms with Crippen molar-refractivity contribution in [1.82, 2.24) is 9.97 Å². The van der Waals surface area contributed by atoms with E-state index in [2.05, 4.69) is 33.9 Å². The van der Waals surface area contributed by atoms with Gasteiger partial charge >= 0.3 is 5.97 Å². The molecular formula is C19H23N3O3. The fraction of sp³-hybridized carbons (Fsp3) is 0.421. The van der Waals surface area contributed by atoms with Crippen LogP contribution in [0.2, 0.25) is 0 Å². The third-order valence-corrected chi connectivity index (χ3v) is 4.40. The van der Waals surface area contributed by atoms with Crippen LogP contribution in [0.3, 0.4) is 0 Å². The van der Waals surface area contributed by atoms with Gasteiger partial charge < -0.3 is 14.4 Å². The number of carbonyl (C=O) groups is 1. The number of rotatable bonds is 5. The lowest BCUT2D eigenvalue weighted by molar-refractivity contribution is 0.0594. The second-order valence-electron chi connectivity index (χ2n) is 6.33. The van der Waals surface area contributed by atoms with Gasteiger partial charge in [-0.25, -0.2) is 14.8 Å². The quantitative estimate of drug-likeness (QED) is 0.779. The molecule has 0 aliphatic carbocycles. The van der Waals surface area contributed by atoms with Crippen molar-refractivity contribution >= 4 is 11.8 Å². The number of esters is 1. The molecule has 6 heteroatoms. The summed E-state index contributed by atoms with van der Waals surface area (Å²) in [6, 6.07) is 9.80. The molecular weight excluding hydrogens is 318 g/mol. The molecule has 1 fully saturated rings. The van der Waals surface area contributed by atoms with E-state index in [4.69, 9.17) is 9.47 Å². The lowest BCUT2D eigenvalue weighted by atomic mass is 9.99. The number of hydrogen-bond acceptors (Lipinski definition) is 6. The summed E-state index contributed by atoms with van der Waals surface area (Å²) >= 11 is 0. The Bertz CT molecular complexity index is 718. The molecule has 3 rings (SSSR count). The number of methoxy groups -OCH3 is 1. The van der Waals surface area contributed by atoms with E-state index in [-0.39, 0.29) is 5.69 Å². The van der Waals surface area contributed by atoms with Crippen LogP contribution in [0.1, 0.15) is 28.9 Å². The molecule has 132 valence electrons. The fourth-order valence-electron chi connectivity index (χ4n) is 2.99. The summed E-state index contributed by atoms with van der Waals surface area (Å²) in [4.78, 5) is 22.1. The van der Waals surface area contributed by atoms with Crippen LogP contribution in [-0.2, 0) is 4.74 Å². The van der Waals surface area contributed by atoms with Gasteiger partial charge in [-0.05, 0) is 31.9 Å².